The third-order valence-electron chi connectivity index (χ3n) is 5.55. The molecule has 0 bridgehead atoms. The topological polar surface area (TPSA) is 83.5 Å². The lowest BCUT2D eigenvalue weighted by atomic mass is 9.97. The highest BCUT2D eigenvalue weighted by molar-refractivity contribution is 7.99. The summed E-state index contributed by atoms with van der Waals surface area (Å²) in [7, 11) is 1.60. The molecule has 33 heavy (non-hydrogen) atoms. The number of aryl methyl sites for hydroxylation is 1. The van der Waals surface area contributed by atoms with Crippen molar-refractivity contribution in [1.29, 1.82) is 0 Å². The molecule has 0 spiro atoms. The lowest BCUT2D eigenvalue weighted by molar-refractivity contribution is 0.0856. The van der Waals surface area contributed by atoms with Crippen molar-refractivity contribution in [1.82, 2.24) is 4.57 Å². The quantitative estimate of drug-likeness (QED) is 0.363. The minimum atomic E-state index is -2.70. The molecular formula is C24H30F2N2O4S. The summed E-state index contributed by atoms with van der Waals surface area (Å²) >= 11 is 1.71. The van der Waals surface area contributed by atoms with Gasteiger partial charge in [-0.15, -0.1) is 0 Å². The van der Waals surface area contributed by atoms with Crippen LogP contribution in [0.2, 0.25) is 0 Å². The molecule has 0 amide bonds. The van der Waals surface area contributed by atoms with Gasteiger partial charge in [-0.1, -0.05) is 6.92 Å². The molecule has 1 saturated carbocycles. The zero-order valence-electron chi connectivity index (χ0n) is 19.1. The van der Waals surface area contributed by atoms with Crippen LogP contribution in [0.4, 0.5) is 8.78 Å². The normalized spacial score (nSPS) is 17.5. The molecule has 9 heteroatoms. The molecule has 2 N–H and O–H groups in total. The van der Waals surface area contributed by atoms with Gasteiger partial charge in [-0.05, 0) is 43.0 Å². The molecule has 1 unspecified atom stereocenters. The second-order valence-electron chi connectivity index (χ2n) is 8.07. The second-order valence-corrected chi connectivity index (χ2v) is 9.47. The van der Waals surface area contributed by atoms with Crippen molar-refractivity contribution in [3.8, 4) is 22.6 Å². The average molecular weight is 481 g/mol. The summed E-state index contributed by atoms with van der Waals surface area (Å²) in [4.78, 5) is 25.1. The number of ketones is 1. The van der Waals surface area contributed by atoms with E-state index in [1.54, 1.807) is 50.1 Å². The Morgan fingerprint density at radius 1 is 1.24 bits per heavy atom. The first-order valence-corrected chi connectivity index (χ1v) is 12.2. The maximum atomic E-state index is 13.4. The number of pyridine rings is 1. The fourth-order valence-electron chi connectivity index (χ4n) is 3.45. The summed E-state index contributed by atoms with van der Waals surface area (Å²) < 4.78 is 39.6. The predicted octanol–water partition coefficient (Wildman–Crippen LogP) is 4.14. The summed E-state index contributed by atoms with van der Waals surface area (Å²) in [6.07, 6.45) is 1.94. The van der Waals surface area contributed by atoms with E-state index in [0.717, 1.165) is 11.5 Å². The van der Waals surface area contributed by atoms with Crippen LogP contribution in [0.1, 0.15) is 37.0 Å². The largest absolute Gasteiger partial charge is 0.493 e. The number of benzene rings is 1. The van der Waals surface area contributed by atoms with Gasteiger partial charge in [-0.2, -0.15) is 11.8 Å². The van der Waals surface area contributed by atoms with Crippen LogP contribution in [-0.2, 0) is 7.05 Å². The van der Waals surface area contributed by atoms with Crippen molar-refractivity contribution in [3.63, 3.8) is 0 Å². The predicted molar refractivity (Wildman–Crippen MR) is 127 cm³/mol. The number of carbonyl (C=O) groups excluding carboxylic acids is 1. The molecule has 1 aliphatic rings. The summed E-state index contributed by atoms with van der Waals surface area (Å²) in [6, 6.07) is 5.54. The molecule has 3 rings (SSSR count). The van der Waals surface area contributed by atoms with Crippen molar-refractivity contribution in [3.05, 3.63) is 46.4 Å². The zero-order chi connectivity index (χ0) is 24.2. The maximum absolute atomic E-state index is 13.4. The minimum Gasteiger partial charge on any atom is -0.493 e. The van der Waals surface area contributed by atoms with Gasteiger partial charge >= 0.3 is 0 Å². The summed E-state index contributed by atoms with van der Waals surface area (Å²) in [5, 5.41) is 0. The highest BCUT2D eigenvalue weighted by Gasteiger charge is 2.57. The number of nitrogens with two attached hydrogens (primary N) is 1. The van der Waals surface area contributed by atoms with Crippen molar-refractivity contribution >= 4 is 17.5 Å². The van der Waals surface area contributed by atoms with Gasteiger partial charge in [0, 0.05) is 42.4 Å². The number of hydrogen-bond acceptors (Lipinski definition) is 6. The number of rotatable bonds is 12. The van der Waals surface area contributed by atoms with E-state index in [9.17, 15) is 18.4 Å². The van der Waals surface area contributed by atoms with E-state index in [1.807, 2.05) is 6.92 Å². The number of halogens is 2. The number of alkyl halides is 2. The summed E-state index contributed by atoms with van der Waals surface area (Å²) in [6.45, 7) is 4.02. The Morgan fingerprint density at radius 3 is 2.61 bits per heavy atom. The van der Waals surface area contributed by atoms with E-state index in [-0.39, 0.29) is 24.4 Å². The average Bonchev–Trinajstić information content (AvgIpc) is 3.40. The van der Waals surface area contributed by atoms with Crippen LogP contribution in [0.5, 0.6) is 11.5 Å². The zero-order valence-corrected chi connectivity index (χ0v) is 19.9. The van der Waals surface area contributed by atoms with E-state index < -0.39 is 17.9 Å². The minimum absolute atomic E-state index is 0.142. The number of thioether (sulfide) groups is 1. The lowest BCUT2D eigenvalue weighted by Gasteiger charge is -2.18. The van der Waals surface area contributed by atoms with E-state index in [2.05, 4.69) is 0 Å². The van der Waals surface area contributed by atoms with Crippen LogP contribution in [0.25, 0.3) is 11.1 Å². The third-order valence-corrected chi connectivity index (χ3v) is 6.49. The first-order valence-electron chi connectivity index (χ1n) is 11.0. The van der Waals surface area contributed by atoms with Gasteiger partial charge in [-0.25, -0.2) is 8.78 Å². The molecule has 1 fully saturated rings. The summed E-state index contributed by atoms with van der Waals surface area (Å²) in [5.41, 5.74) is 7.27. The van der Waals surface area contributed by atoms with Crippen LogP contribution in [0.15, 0.2) is 35.3 Å². The molecule has 0 saturated heterocycles. The molecule has 6 nitrogen and oxygen atoms in total. The molecule has 1 aromatic carbocycles. The van der Waals surface area contributed by atoms with E-state index in [4.69, 9.17) is 15.2 Å². The number of Topliss-reactive ketones (excluding diaryl/α,β-unsaturated/α-hetero) is 1. The number of carbonyl (C=O) groups is 1. The Labute approximate surface area is 196 Å². The van der Waals surface area contributed by atoms with E-state index >= 15 is 0 Å². The van der Waals surface area contributed by atoms with Crippen LogP contribution < -0.4 is 20.8 Å². The van der Waals surface area contributed by atoms with Gasteiger partial charge in [0.1, 0.15) is 11.5 Å². The summed E-state index contributed by atoms with van der Waals surface area (Å²) in [5.74, 6) is -1.35. The Kier molecular flexibility index (Phi) is 8.18. The van der Waals surface area contributed by atoms with Crippen molar-refractivity contribution in [2.45, 2.75) is 38.7 Å². The number of aromatic nitrogens is 1. The number of nitrogens with zero attached hydrogens (tertiary/aromatic N) is 1. The van der Waals surface area contributed by atoms with Crippen molar-refractivity contribution in [2.24, 2.45) is 18.7 Å². The lowest BCUT2D eigenvalue weighted by Crippen LogP contribution is -2.31. The van der Waals surface area contributed by atoms with Gasteiger partial charge in [0.05, 0.1) is 25.2 Å². The van der Waals surface area contributed by atoms with Gasteiger partial charge in [0.15, 0.2) is 5.78 Å². The molecular weight excluding hydrogens is 450 g/mol. The second kappa shape index (κ2) is 10.7. The maximum Gasteiger partial charge on any atom is 0.255 e. The van der Waals surface area contributed by atoms with Crippen LogP contribution >= 0.6 is 11.8 Å². The fraction of sp³-hybridized carbons (Fsp3) is 0.500. The Morgan fingerprint density at radius 2 is 1.97 bits per heavy atom. The Bertz CT molecular complexity index is 1060. The van der Waals surface area contributed by atoms with Gasteiger partial charge < -0.3 is 19.8 Å². The van der Waals surface area contributed by atoms with Crippen LogP contribution in [0, 0.1) is 5.92 Å². The molecule has 0 aliphatic heterocycles. The monoisotopic (exact) mass is 480 g/mol. The molecule has 2 atom stereocenters. The number of ether oxygens (including phenoxy) is 2. The van der Waals surface area contributed by atoms with Crippen LogP contribution in [0.3, 0.4) is 0 Å². The van der Waals surface area contributed by atoms with Gasteiger partial charge in [0.25, 0.3) is 11.5 Å². The smallest absolute Gasteiger partial charge is 0.255 e. The first-order chi connectivity index (χ1) is 15.7. The third kappa shape index (κ3) is 6.14. The molecule has 1 aromatic heterocycles. The van der Waals surface area contributed by atoms with Crippen LogP contribution in [-0.4, -0.2) is 47.0 Å². The molecule has 1 aliphatic carbocycles. The molecule has 1 heterocycles. The highest BCUT2D eigenvalue weighted by atomic mass is 32.2. The standard InChI is InChI=1S/C24H30F2N2O4S/c1-4-31-21-11-22(29)28(3)13-18(21)17-10-15(23(30)19(27)8-9-33-5-2)6-7-20(17)32-14-16-12-24(16,25)26/h6-7,10-11,13,16,19H,4-5,8-9,12,14,27H2,1-3H3/t16?,19-/m0/s1. The number of hydrogen-bond donors (Lipinski definition) is 1. The fourth-order valence-corrected chi connectivity index (χ4v) is 4.16. The van der Waals surface area contributed by atoms with E-state index in [1.165, 1.54) is 10.6 Å². The molecule has 180 valence electrons. The molecule has 0 radical (unpaired) electrons. The highest BCUT2D eigenvalue weighted by Crippen LogP contribution is 2.49. The molecule has 2 aromatic rings. The van der Waals surface area contributed by atoms with Gasteiger partial charge in [0.2, 0.25) is 0 Å². The first kappa shape index (κ1) is 25.2. The Balaban J connectivity index is 1.99. The Hall–Kier alpha value is -2.39. The van der Waals surface area contributed by atoms with Gasteiger partial charge in [-0.3, -0.25) is 9.59 Å². The van der Waals surface area contributed by atoms with E-state index in [0.29, 0.717) is 41.2 Å². The SMILES string of the molecule is CCOc1cc(=O)n(C)cc1-c1cc(C(=O)[C@@H](N)CCSCC)ccc1OCC1CC1(F)F. The van der Waals surface area contributed by atoms with Crippen molar-refractivity contribution in [2.75, 3.05) is 24.7 Å². The van der Waals surface area contributed by atoms with Crippen molar-refractivity contribution < 1.29 is 23.0 Å².